The van der Waals surface area contributed by atoms with Gasteiger partial charge in [0.2, 0.25) is 0 Å². The molecule has 2 aliphatic rings. The molecule has 3 nitrogen and oxygen atoms in total. The van der Waals surface area contributed by atoms with E-state index in [4.69, 9.17) is 0 Å². The maximum Gasteiger partial charge on any atom is 0.113 e. The molecule has 3 rings (SSSR count). The first kappa shape index (κ1) is 12.2. The molecule has 18 heavy (non-hydrogen) atoms. The molecule has 0 unspecified atom stereocenters. The van der Waals surface area contributed by atoms with Gasteiger partial charge in [0.05, 0.1) is 0 Å². The van der Waals surface area contributed by atoms with Crippen molar-refractivity contribution in [2.45, 2.75) is 64.0 Å². The molecule has 3 atom stereocenters. The smallest absolute Gasteiger partial charge is 0.113 e. The molecule has 3 heteroatoms. The molecule has 1 N–H and O–H groups in total. The highest BCUT2D eigenvalue weighted by Gasteiger charge is 2.26. The minimum atomic E-state index is 0.634. The van der Waals surface area contributed by atoms with E-state index in [0.29, 0.717) is 5.92 Å². The monoisotopic (exact) mass is 247 g/mol. The zero-order chi connectivity index (χ0) is 12.4. The first-order valence-corrected chi connectivity index (χ1v) is 7.61. The van der Waals surface area contributed by atoms with E-state index in [2.05, 4.69) is 28.0 Å². The first-order valence-electron chi connectivity index (χ1n) is 7.61. The summed E-state index contributed by atoms with van der Waals surface area (Å²) >= 11 is 0. The van der Waals surface area contributed by atoms with Gasteiger partial charge in [-0.15, -0.1) is 0 Å². The minimum absolute atomic E-state index is 0.634. The van der Waals surface area contributed by atoms with Crippen molar-refractivity contribution < 1.29 is 0 Å². The number of aryl methyl sites for hydroxylation is 1. The molecule has 0 bridgehead atoms. The van der Waals surface area contributed by atoms with Crippen LogP contribution in [0.4, 0.5) is 0 Å². The van der Waals surface area contributed by atoms with Crippen LogP contribution in [0.1, 0.15) is 57.2 Å². The SMILES string of the molecule is CC[C@@H]1CC[C@H](NC[C@H]2CCCn3ccnc32)C1. The molecule has 1 fully saturated rings. The average Bonchev–Trinajstić information content (AvgIpc) is 3.05. The zero-order valence-electron chi connectivity index (χ0n) is 11.4. The Bertz CT molecular complexity index is 385. The Morgan fingerprint density at radius 3 is 3.17 bits per heavy atom. The number of hydrogen-bond donors (Lipinski definition) is 1. The normalized spacial score (nSPS) is 31.5. The summed E-state index contributed by atoms with van der Waals surface area (Å²) in [6, 6.07) is 0.764. The van der Waals surface area contributed by atoms with Crippen molar-refractivity contribution in [1.29, 1.82) is 0 Å². The summed E-state index contributed by atoms with van der Waals surface area (Å²) in [4.78, 5) is 4.54. The molecule has 100 valence electrons. The van der Waals surface area contributed by atoms with Gasteiger partial charge in [0, 0.05) is 37.4 Å². The molecule has 1 saturated carbocycles. The van der Waals surface area contributed by atoms with Gasteiger partial charge in [-0.1, -0.05) is 13.3 Å². The number of hydrogen-bond acceptors (Lipinski definition) is 2. The summed E-state index contributed by atoms with van der Waals surface area (Å²) in [7, 11) is 0. The lowest BCUT2D eigenvalue weighted by atomic mass is 9.98. The average molecular weight is 247 g/mol. The standard InChI is InChI=1S/C15H25N3/c1-2-12-5-6-14(10-12)17-11-13-4-3-8-18-9-7-16-15(13)18/h7,9,12-14,17H,2-6,8,10-11H2,1H3/t12-,13-,14+/m1/s1. The van der Waals surface area contributed by atoms with Crippen LogP contribution in [0.5, 0.6) is 0 Å². The first-order chi connectivity index (χ1) is 8.86. The van der Waals surface area contributed by atoms with Gasteiger partial charge in [-0.2, -0.15) is 0 Å². The van der Waals surface area contributed by atoms with Crippen LogP contribution in [0.3, 0.4) is 0 Å². The molecule has 1 aromatic heterocycles. The predicted octanol–water partition coefficient (Wildman–Crippen LogP) is 2.93. The summed E-state index contributed by atoms with van der Waals surface area (Å²) in [5.41, 5.74) is 0. The number of nitrogens with one attached hydrogen (secondary N) is 1. The van der Waals surface area contributed by atoms with E-state index in [1.807, 2.05) is 6.20 Å². The van der Waals surface area contributed by atoms with Crippen LogP contribution in [0.15, 0.2) is 12.4 Å². The maximum atomic E-state index is 4.54. The van der Waals surface area contributed by atoms with Crippen molar-refractivity contribution in [3.05, 3.63) is 18.2 Å². The molecule has 1 aliphatic carbocycles. The lowest BCUT2D eigenvalue weighted by molar-refractivity contribution is 0.395. The van der Waals surface area contributed by atoms with Crippen LogP contribution in [0, 0.1) is 5.92 Å². The second kappa shape index (κ2) is 5.43. The van der Waals surface area contributed by atoms with Gasteiger partial charge in [-0.25, -0.2) is 4.98 Å². The topological polar surface area (TPSA) is 29.9 Å². The molecule has 0 aromatic carbocycles. The predicted molar refractivity (Wildman–Crippen MR) is 73.6 cm³/mol. The number of aromatic nitrogens is 2. The summed E-state index contributed by atoms with van der Waals surface area (Å²) < 4.78 is 2.33. The van der Waals surface area contributed by atoms with Crippen LogP contribution in [-0.4, -0.2) is 22.1 Å². The van der Waals surface area contributed by atoms with E-state index in [1.165, 1.54) is 44.3 Å². The molecule has 1 aromatic rings. The van der Waals surface area contributed by atoms with Gasteiger partial charge in [0.1, 0.15) is 5.82 Å². The van der Waals surface area contributed by atoms with Crippen LogP contribution >= 0.6 is 0 Å². The van der Waals surface area contributed by atoms with Crippen molar-refractivity contribution >= 4 is 0 Å². The fraction of sp³-hybridized carbons (Fsp3) is 0.800. The fourth-order valence-electron chi connectivity index (χ4n) is 3.64. The molecule has 0 spiro atoms. The number of fused-ring (bicyclic) bond motifs is 1. The summed E-state index contributed by atoms with van der Waals surface area (Å²) in [6.07, 6.45) is 12.2. The number of nitrogens with zero attached hydrogens (tertiary/aromatic N) is 2. The van der Waals surface area contributed by atoms with Crippen molar-refractivity contribution in [1.82, 2.24) is 14.9 Å². The Morgan fingerprint density at radius 2 is 2.33 bits per heavy atom. The Morgan fingerprint density at radius 1 is 1.39 bits per heavy atom. The van der Waals surface area contributed by atoms with Gasteiger partial charge in [-0.05, 0) is 38.0 Å². The Balaban J connectivity index is 1.53. The van der Waals surface area contributed by atoms with Gasteiger partial charge in [0.15, 0.2) is 0 Å². The lowest BCUT2D eigenvalue weighted by Gasteiger charge is -2.25. The number of rotatable bonds is 4. The van der Waals surface area contributed by atoms with E-state index in [0.717, 1.165) is 25.0 Å². The summed E-state index contributed by atoms with van der Waals surface area (Å²) in [6.45, 7) is 4.61. The van der Waals surface area contributed by atoms with E-state index in [-0.39, 0.29) is 0 Å². The molecule has 0 radical (unpaired) electrons. The van der Waals surface area contributed by atoms with Gasteiger partial charge in [-0.3, -0.25) is 0 Å². The number of imidazole rings is 1. The Kier molecular flexibility index (Phi) is 3.69. The molecule has 0 amide bonds. The van der Waals surface area contributed by atoms with Crippen molar-refractivity contribution in [2.75, 3.05) is 6.54 Å². The molecule has 1 aliphatic heterocycles. The summed E-state index contributed by atoms with van der Waals surface area (Å²) in [5.74, 6) is 2.91. The van der Waals surface area contributed by atoms with Crippen molar-refractivity contribution in [3.63, 3.8) is 0 Å². The van der Waals surface area contributed by atoms with Crippen molar-refractivity contribution in [3.8, 4) is 0 Å². The van der Waals surface area contributed by atoms with E-state index in [1.54, 1.807) is 0 Å². The zero-order valence-corrected chi connectivity index (χ0v) is 11.4. The summed E-state index contributed by atoms with van der Waals surface area (Å²) in [5, 5.41) is 3.79. The third-order valence-electron chi connectivity index (χ3n) is 4.84. The van der Waals surface area contributed by atoms with Crippen LogP contribution in [0.25, 0.3) is 0 Å². The van der Waals surface area contributed by atoms with Gasteiger partial charge >= 0.3 is 0 Å². The van der Waals surface area contributed by atoms with E-state index < -0.39 is 0 Å². The van der Waals surface area contributed by atoms with Gasteiger partial charge in [0.25, 0.3) is 0 Å². The maximum absolute atomic E-state index is 4.54. The molecule has 0 saturated heterocycles. The largest absolute Gasteiger partial charge is 0.335 e. The van der Waals surface area contributed by atoms with E-state index in [9.17, 15) is 0 Å². The van der Waals surface area contributed by atoms with Crippen LogP contribution < -0.4 is 5.32 Å². The Labute approximate surface area is 110 Å². The Hall–Kier alpha value is -0.830. The molecular weight excluding hydrogens is 222 g/mol. The lowest BCUT2D eigenvalue weighted by Crippen LogP contribution is -2.33. The quantitative estimate of drug-likeness (QED) is 0.886. The fourth-order valence-corrected chi connectivity index (χ4v) is 3.64. The molecule has 2 heterocycles. The second-order valence-electron chi connectivity index (χ2n) is 6.01. The van der Waals surface area contributed by atoms with E-state index >= 15 is 0 Å². The minimum Gasteiger partial charge on any atom is -0.335 e. The third-order valence-corrected chi connectivity index (χ3v) is 4.84. The van der Waals surface area contributed by atoms with Crippen molar-refractivity contribution in [2.24, 2.45) is 5.92 Å². The highest BCUT2D eigenvalue weighted by Crippen LogP contribution is 2.29. The van der Waals surface area contributed by atoms with Crippen LogP contribution in [0.2, 0.25) is 0 Å². The highest BCUT2D eigenvalue weighted by molar-refractivity contribution is 5.04. The third kappa shape index (κ3) is 2.46. The van der Waals surface area contributed by atoms with Crippen LogP contribution in [-0.2, 0) is 6.54 Å². The molecular formula is C15H25N3. The van der Waals surface area contributed by atoms with Gasteiger partial charge < -0.3 is 9.88 Å². The highest BCUT2D eigenvalue weighted by atomic mass is 15.1. The second-order valence-corrected chi connectivity index (χ2v) is 6.01.